The fourth-order valence-corrected chi connectivity index (χ4v) is 1.09. The van der Waals surface area contributed by atoms with Crippen LogP contribution in [0.25, 0.3) is 0 Å². The van der Waals surface area contributed by atoms with E-state index in [9.17, 15) is 4.79 Å². The molecule has 14 heavy (non-hydrogen) atoms. The molecule has 0 aliphatic heterocycles. The second-order valence-corrected chi connectivity index (χ2v) is 3.24. The maximum Gasteiger partial charge on any atom is 0.363 e. The molecular formula is C9H8Cl2O3. The highest BCUT2D eigenvalue weighted by Gasteiger charge is 2.16. The minimum atomic E-state index is -1.14. The first-order chi connectivity index (χ1) is 6.63. The number of alkyl halides is 1. The summed E-state index contributed by atoms with van der Waals surface area (Å²) in [4.78, 5) is 10.9. The zero-order chi connectivity index (χ0) is 10.6. The molecule has 0 heterocycles. The van der Waals surface area contributed by atoms with Crippen molar-refractivity contribution < 1.29 is 14.3 Å². The van der Waals surface area contributed by atoms with Crippen molar-refractivity contribution in [2.45, 2.75) is 5.56 Å². The van der Waals surface area contributed by atoms with Crippen molar-refractivity contribution in [1.29, 1.82) is 0 Å². The molecule has 0 bridgehead atoms. The van der Waals surface area contributed by atoms with Gasteiger partial charge in [-0.3, -0.25) is 0 Å². The fraction of sp³-hybridized carbons (Fsp3) is 0.222. The Morgan fingerprint density at radius 2 is 1.93 bits per heavy atom. The van der Waals surface area contributed by atoms with Crippen LogP contribution in [-0.2, 0) is 9.53 Å². The van der Waals surface area contributed by atoms with Gasteiger partial charge in [-0.25, -0.2) is 4.79 Å². The summed E-state index contributed by atoms with van der Waals surface area (Å²) < 4.78 is 9.44. The van der Waals surface area contributed by atoms with Gasteiger partial charge in [0.2, 0.25) is 0 Å². The van der Waals surface area contributed by atoms with E-state index in [0.717, 1.165) is 0 Å². The topological polar surface area (TPSA) is 35.5 Å². The van der Waals surface area contributed by atoms with Crippen molar-refractivity contribution in [2.75, 3.05) is 7.11 Å². The molecule has 0 spiro atoms. The van der Waals surface area contributed by atoms with E-state index in [-0.39, 0.29) is 0 Å². The first-order valence-electron chi connectivity index (χ1n) is 3.77. The highest BCUT2D eigenvalue weighted by atomic mass is 35.5. The number of benzene rings is 1. The van der Waals surface area contributed by atoms with E-state index < -0.39 is 11.5 Å². The zero-order valence-electron chi connectivity index (χ0n) is 7.37. The summed E-state index contributed by atoms with van der Waals surface area (Å²) in [5, 5.41) is 0.585. The predicted octanol–water partition coefficient (Wildman–Crippen LogP) is 2.46. The Morgan fingerprint density at radius 1 is 1.36 bits per heavy atom. The van der Waals surface area contributed by atoms with Crippen LogP contribution in [0.5, 0.6) is 5.75 Å². The summed E-state index contributed by atoms with van der Waals surface area (Å²) in [7, 11) is 1.24. The van der Waals surface area contributed by atoms with Crippen molar-refractivity contribution >= 4 is 29.2 Å². The lowest BCUT2D eigenvalue weighted by molar-refractivity contribution is -0.144. The molecule has 1 rings (SSSR count). The quantitative estimate of drug-likeness (QED) is 0.596. The van der Waals surface area contributed by atoms with Crippen LogP contribution >= 0.6 is 23.2 Å². The normalized spacial score (nSPS) is 11.9. The fourth-order valence-electron chi connectivity index (χ4n) is 0.773. The molecule has 0 N–H and O–H groups in total. The third-order valence-corrected chi connectivity index (χ3v) is 1.96. The summed E-state index contributed by atoms with van der Waals surface area (Å²) in [6, 6.07) is 6.50. The molecule has 0 saturated carbocycles. The molecule has 5 heteroatoms. The van der Waals surface area contributed by atoms with E-state index in [1.54, 1.807) is 24.3 Å². The Balaban J connectivity index is 2.60. The minimum absolute atomic E-state index is 0.458. The number of hydrogen-bond acceptors (Lipinski definition) is 3. The molecule has 0 aliphatic carbocycles. The van der Waals surface area contributed by atoms with Crippen LogP contribution < -0.4 is 4.74 Å². The Labute approximate surface area is 91.5 Å². The molecule has 0 amide bonds. The third kappa shape index (κ3) is 3.09. The molecule has 1 aromatic rings. The van der Waals surface area contributed by atoms with Gasteiger partial charge in [0.15, 0.2) is 0 Å². The average Bonchev–Trinajstić information content (AvgIpc) is 2.20. The predicted molar refractivity (Wildman–Crippen MR) is 53.7 cm³/mol. The van der Waals surface area contributed by atoms with Gasteiger partial charge in [0.05, 0.1) is 7.11 Å². The molecule has 3 nitrogen and oxygen atoms in total. The van der Waals surface area contributed by atoms with Crippen molar-refractivity contribution in [3.63, 3.8) is 0 Å². The standard InChI is InChI=1S/C9H8Cl2O3/c1-13-9(12)8(11)14-7-4-2-6(10)3-5-7/h2-5,8H,1H3. The van der Waals surface area contributed by atoms with Crippen LogP contribution in [0, 0.1) is 0 Å². The van der Waals surface area contributed by atoms with Gasteiger partial charge < -0.3 is 9.47 Å². The van der Waals surface area contributed by atoms with Crippen molar-refractivity contribution in [2.24, 2.45) is 0 Å². The van der Waals surface area contributed by atoms with Crippen LogP contribution in [0.15, 0.2) is 24.3 Å². The molecule has 0 fully saturated rings. The van der Waals surface area contributed by atoms with Crippen molar-refractivity contribution in [1.82, 2.24) is 0 Å². The van der Waals surface area contributed by atoms with Crippen LogP contribution in [0.4, 0.5) is 0 Å². The summed E-state index contributed by atoms with van der Waals surface area (Å²) in [5.74, 6) is -0.179. The monoisotopic (exact) mass is 234 g/mol. The zero-order valence-corrected chi connectivity index (χ0v) is 8.88. The van der Waals surface area contributed by atoms with Gasteiger partial charge in [-0.2, -0.15) is 0 Å². The lowest BCUT2D eigenvalue weighted by Gasteiger charge is -2.09. The van der Waals surface area contributed by atoms with Gasteiger partial charge in [-0.05, 0) is 24.3 Å². The van der Waals surface area contributed by atoms with Gasteiger partial charge >= 0.3 is 5.97 Å². The smallest absolute Gasteiger partial charge is 0.363 e. The van der Waals surface area contributed by atoms with E-state index in [0.29, 0.717) is 10.8 Å². The van der Waals surface area contributed by atoms with E-state index >= 15 is 0 Å². The van der Waals surface area contributed by atoms with Gasteiger partial charge in [0.25, 0.3) is 5.56 Å². The van der Waals surface area contributed by atoms with Crippen LogP contribution in [0.1, 0.15) is 0 Å². The molecular weight excluding hydrogens is 227 g/mol. The number of rotatable bonds is 3. The number of methoxy groups -OCH3 is 1. The Morgan fingerprint density at radius 3 is 2.43 bits per heavy atom. The molecule has 1 aromatic carbocycles. The second-order valence-electron chi connectivity index (χ2n) is 2.41. The highest BCUT2D eigenvalue weighted by Crippen LogP contribution is 2.17. The Kier molecular flexibility index (Phi) is 4.04. The molecule has 76 valence electrons. The number of ether oxygens (including phenoxy) is 2. The summed E-state index contributed by atoms with van der Waals surface area (Å²) in [6.07, 6.45) is 0. The van der Waals surface area contributed by atoms with Crippen LogP contribution in [0.3, 0.4) is 0 Å². The van der Waals surface area contributed by atoms with Crippen molar-refractivity contribution in [3.05, 3.63) is 29.3 Å². The highest BCUT2D eigenvalue weighted by molar-refractivity contribution is 6.30. The molecule has 0 saturated heterocycles. The third-order valence-electron chi connectivity index (χ3n) is 1.44. The maximum atomic E-state index is 10.9. The molecule has 0 radical (unpaired) electrons. The molecule has 0 aliphatic rings. The van der Waals surface area contributed by atoms with E-state index in [1.165, 1.54) is 7.11 Å². The number of carbonyl (C=O) groups is 1. The summed E-state index contributed by atoms with van der Waals surface area (Å²) >= 11 is 11.2. The van der Waals surface area contributed by atoms with E-state index in [1.807, 2.05) is 0 Å². The lowest BCUT2D eigenvalue weighted by Crippen LogP contribution is -2.22. The van der Waals surface area contributed by atoms with Crippen LogP contribution in [-0.4, -0.2) is 18.6 Å². The van der Waals surface area contributed by atoms with E-state index in [4.69, 9.17) is 27.9 Å². The summed E-state index contributed by atoms with van der Waals surface area (Å²) in [6.45, 7) is 0. The van der Waals surface area contributed by atoms with Gasteiger partial charge in [-0.1, -0.05) is 23.2 Å². The molecule has 1 atom stereocenters. The average molecular weight is 235 g/mol. The Bertz CT molecular complexity index is 310. The first kappa shape index (κ1) is 11.1. The number of hydrogen-bond donors (Lipinski definition) is 0. The second kappa shape index (κ2) is 5.08. The lowest BCUT2D eigenvalue weighted by atomic mass is 10.3. The summed E-state index contributed by atoms with van der Waals surface area (Å²) in [5.41, 5.74) is -1.14. The number of halogens is 2. The maximum absolute atomic E-state index is 10.9. The van der Waals surface area contributed by atoms with Gasteiger partial charge in [-0.15, -0.1) is 0 Å². The number of carbonyl (C=O) groups excluding carboxylic acids is 1. The van der Waals surface area contributed by atoms with Crippen LogP contribution in [0.2, 0.25) is 5.02 Å². The largest absolute Gasteiger partial charge is 0.465 e. The molecule has 0 aromatic heterocycles. The van der Waals surface area contributed by atoms with Gasteiger partial charge in [0, 0.05) is 5.02 Å². The van der Waals surface area contributed by atoms with E-state index in [2.05, 4.69) is 4.74 Å². The van der Waals surface area contributed by atoms with Gasteiger partial charge in [0.1, 0.15) is 5.75 Å². The van der Waals surface area contributed by atoms with Crippen molar-refractivity contribution in [3.8, 4) is 5.75 Å². The Hall–Kier alpha value is -0.930. The minimum Gasteiger partial charge on any atom is -0.465 e. The molecule has 1 unspecified atom stereocenters. The first-order valence-corrected chi connectivity index (χ1v) is 4.59. The SMILES string of the molecule is COC(=O)C(Cl)Oc1ccc(Cl)cc1. The number of esters is 1.